The van der Waals surface area contributed by atoms with Crippen LogP contribution in [-0.4, -0.2) is 23.9 Å². The number of rotatable bonds is 7. The smallest absolute Gasteiger partial charge is 0.119 e. The molecule has 0 aliphatic heterocycles. The van der Waals surface area contributed by atoms with Gasteiger partial charge in [0.2, 0.25) is 0 Å². The van der Waals surface area contributed by atoms with Crippen molar-refractivity contribution >= 4 is 0 Å². The number of aliphatic hydroxyl groups is 1. The first kappa shape index (κ1) is 14.8. The fourth-order valence-corrected chi connectivity index (χ4v) is 1.25. The molecule has 0 saturated heterocycles. The van der Waals surface area contributed by atoms with Crippen LogP contribution in [-0.2, 0) is 0 Å². The highest BCUT2D eigenvalue weighted by Gasteiger charge is 2.25. The van der Waals surface area contributed by atoms with Crippen molar-refractivity contribution in [3.8, 4) is 11.5 Å². The maximum atomic E-state index is 10.1. The van der Waals surface area contributed by atoms with E-state index in [1.807, 2.05) is 38.1 Å². The van der Waals surface area contributed by atoms with Gasteiger partial charge in [0.1, 0.15) is 18.1 Å². The summed E-state index contributed by atoms with van der Waals surface area (Å²) in [6.07, 6.45) is 0.996. The Morgan fingerprint density at radius 3 is 2.06 bits per heavy atom. The molecule has 18 heavy (non-hydrogen) atoms. The van der Waals surface area contributed by atoms with Gasteiger partial charge in [0.05, 0.1) is 12.2 Å². The molecule has 1 aromatic carbocycles. The Labute approximate surface area is 110 Å². The van der Waals surface area contributed by atoms with E-state index in [-0.39, 0.29) is 5.92 Å². The predicted molar refractivity (Wildman–Crippen MR) is 73.2 cm³/mol. The Bertz CT molecular complexity index is 341. The van der Waals surface area contributed by atoms with Crippen LogP contribution in [0.1, 0.15) is 34.1 Å². The molecule has 0 amide bonds. The minimum Gasteiger partial charge on any atom is -0.494 e. The summed E-state index contributed by atoms with van der Waals surface area (Å²) in [4.78, 5) is 0. The first-order valence-corrected chi connectivity index (χ1v) is 6.53. The van der Waals surface area contributed by atoms with Crippen LogP contribution in [0, 0.1) is 5.92 Å². The third kappa shape index (κ3) is 4.57. The van der Waals surface area contributed by atoms with Crippen molar-refractivity contribution in [3.05, 3.63) is 24.3 Å². The van der Waals surface area contributed by atoms with E-state index in [0.717, 1.165) is 24.5 Å². The zero-order chi connectivity index (χ0) is 13.6. The van der Waals surface area contributed by atoms with Crippen LogP contribution >= 0.6 is 0 Å². The molecule has 3 heteroatoms. The standard InChI is InChI=1S/C15H24O3/c1-5-10-17-13-6-8-14(9-7-13)18-11-15(4,16)12(2)3/h6-9,12,16H,5,10-11H2,1-4H3. The molecule has 0 spiro atoms. The van der Waals surface area contributed by atoms with Gasteiger partial charge in [-0.15, -0.1) is 0 Å². The summed E-state index contributed by atoms with van der Waals surface area (Å²) in [7, 11) is 0. The Hall–Kier alpha value is -1.22. The lowest BCUT2D eigenvalue weighted by Gasteiger charge is -2.27. The van der Waals surface area contributed by atoms with E-state index in [1.165, 1.54) is 0 Å². The normalized spacial score (nSPS) is 14.3. The summed E-state index contributed by atoms with van der Waals surface area (Å²) in [6, 6.07) is 7.49. The predicted octanol–water partition coefficient (Wildman–Crippen LogP) is 3.26. The number of benzene rings is 1. The molecule has 102 valence electrons. The summed E-state index contributed by atoms with van der Waals surface area (Å²) in [5.74, 6) is 1.75. The molecular weight excluding hydrogens is 228 g/mol. The van der Waals surface area contributed by atoms with Crippen LogP contribution < -0.4 is 9.47 Å². The summed E-state index contributed by atoms with van der Waals surface area (Å²) in [5.41, 5.74) is -0.808. The van der Waals surface area contributed by atoms with E-state index in [2.05, 4.69) is 6.92 Å². The molecule has 0 heterocycles. The largest absolute Gasteiger partial charge is 0.494 e. The Morgan fingerprint density at radius 2 is 1.61 bits per heavy atom. The molecule has 0 aliphatic rings. The number of hydrogen-bond acceptors (Lipinski definition) is 3. The monoisotopic (exact) mass is 252 g/mol. The topological polar surface area (TPSA) is 38.7 Å². The van der Waals surface area contributed by atoms with Crippen molar-refractivity contribution in [2.45, 2.75) is 39.7 Å². The van der Waals surface area contributed by atoms with Gasteiger partial charge in [-0.05, 0) is 43.5 Å². The number of hydrogen-bond donors (Lipinski definition) is 1. The van der Waals surface area contributed by atoms with Gasteiger partial charge >= 0.3 is 0 Å². The van der Waals surface area contributed by atoms with Crippen molar-refractivity contribution in [3.63, 3.8) is 0 Å². The van der Waals surface area contributed by atoms with Gasteiger partial charge in [-0.2, -0.15) is 0 Å². The zero-order valence-electron chi connectivity index (χ0n) is 11.8. The van der Waals surface area contributed by atoms with Crippen LogP contribution in [0.5, 0.6) is 11.5 Å². The van der Waals surface area contributed by atoms with E-state index < -0.39 is 5.60 Å². The molecule has 1 atom stereocenters. The highest BCUT2D eigenvalue weighted by molar-refractivity contribution is 5.31. The highest BCUT2D eigenvalue weighted by atomic mass is 16.5. The minimum absolute atomic E-state index is 0.157. The van der Waals surface area contributed by atoms with E-state index in [9.17, 15) is 5.11 Å². The van der Waals surface area contributed by atoms with E-state index in [0.29, 0.717) is 6.61 Å². The first-order chi connectivity index (χ1) is 8.45. The van der Waals surface area contributed by atoms with Crippen molar-refractivity contribution in [1.82, 2.24) is 0 Å². The van der Waals surface area contributed by atoms with Gasteiger partial charge in [0.15, 0.2) is 0 Å². The molecule has 0 radical (unpaired) electrons. The van der Waals surface area contributed by atoms with Crippen LogP contribution in [0.25, 0.3) is 0 Å². The van der Waals surface area contributed by atoms with Crippen LogP contribution in [0.2, 0.25) is 0 Å². The molecule has 0 saturated carbocycles. The third-order valence-corrected chi connectivity index (χ3v) is 3.07. The van der Waals surface area contributed by atoms with Crippen molar-refractivity contribution in [2.24, 2.45) is 5.92 Å². The lowest BCUT2D eigenvalue weighted by molar-refractivity contribution is -0.0266. The molecule has 0 aliphatic carbocycles. The molecule has 0 fully saturated rings. The van der Waals surface area contributed by atoms with Crippen molar-refractivity contribution < 1.29 is 14.6 Å². The van der Waals surface area contributed by atoms with Gasteiger partial charge in [-0.25, -0.2) is 0 Å². The molecule has 1 rings (SSSR count). The molecule has 0 aromatic heterocycles. The molecular formula is C15H24O3. The van der Waals surface area contributed by atoms with Crippen LogP contribution in [0.15, 0.2) is 24.3 Å². The maximum absolute atomic E-state index is 10.1. The molecule has 3 nitrogen and oxygen atoms in total. The second-order valence-corrected chi connectivity index (χ2v) is 5.12. The maximum Gasteiger partial charge on any atom is 0.119 e. The van der Waals surface area contributed by atoms with Crippen LogP contribution in [0.4, 0.5) is 0 Å². The Morgan fingerprint density at radius 1 is 1.11 bits per heavy atom. The number of ether oxygens (including phenoxy) is 2. The minimum atomic E-state index is -0.808. The summed E-state index contributed by atoms with van der Waals surface area (Å²) < 4.78 is 11.1. The Kier molecular flexibility index (Phi) is 5.48. The van der Waals surface area contributed by atoms with E-state index in [1.54, 1.807) is 6.92 Å². The van der Waals surface area contributed by atoms with Gasteiger partial charge in [0.25, 0.3) is 0 Å². The van der Waals surface area contributed by atoms with Gasteiger partial charge in [0, 0.05) is 0 Å². The molecule has 1 aromatic rings. The first-order valence-electron chi connectivity index (χ1n) is 6.53. The lowest BCUT2D eigenvalue weighted by atomic mass is 9.94. The second-order valence-electron chi connectivity index (χ2n) is 5.12. The van der Waals surface area contributed by atoms with E-state index in [4.69, 9.17) is 9.47 Å². The van der Waals surface area contributed by atoms with Crippen LogP contribution in [0.3, 0.4) is 0 Å². The van der Waals surface area contributed by atoms with Crippen molar-refractivity contribution in [1.29, 1.82) is 0 Å². The van der Waals surface area contributed by atoms with Gasteiger partial charge < -0.3 is 14.6 Å². The summed E-state index contributed by atoms with van der Waals surface area (Å²) in [5, 5.41) is 10.1. The third-order valence-electron chi connectivity index (χ3n) is 3.07. The summed E-state index contributed by atoms with van der Waals surface area (Å²) >= 11 is 0. The second kappa shape index (κ2) is 6.64. The fourth-order valence-electron chi connectivity index (χ4n) is 1.25. The molecule has 1 unspecified atom stereocenters. The quantitative estimate of drug-likeness (QED) is 0.809. The highest BCUT2D eigenvalue weighted by Crippen LogP contribution is 2.21. The lowest BCUT2D eigenvalue weighted by Crippen LogP contribution is -2.37. The SMILES string of the molecule is CCCOc1ccc(OCC(C)(O)C(C)C)cc1. The Balaban J connectivity index is 2.49. The average Bonchev–Trinajstić information content (AvgIpc) is 2.35. The molecule has 1 N–H and O–H groups in total. The van der Waals surface area contributed by atoms with Crippen molar-refractivity contribution in [2.75, 3.05) is 13.2 Å². The summed E-state index contributed by atoms with van der Waals surface area (Å²) in [6.45, 7) is 8.83. The van der Waals surface area contributed by atoms with E-state index >= 15 is 0 Å². The van der Waals surface area contributed by atoms with Gasteiger partial charge in [-0.1, -0.05) is 20.8 Å². The zero-order valence-corrected chi connectivity index (χ0v) is 11.8. The fraction of sp³-hybridized carbons (Fsp3) is 0.600. The average molecular weight is 252 g/mol. The van der Waals surface area contributed by atoms with Gasteiger partial charge in [-0.3, -0.25) is 0 Å². The molecule has 0 bridgehead atoms.